The summed E-state index contributed by atoms with van der Waals surface area (Å²) in [5, 5.41) is 7.02. The Morgan fingerprint density at radius 2 is 2.19 bits per heavy atom. The second-order valence-corrected chi connectivity index (χ2v) is 5.05. The number of aromatic nitrogens is 2. The minimum Gasteiger partial charge on any atom is -0.378 e. The molecule has 1 atom stereocenters. The molecule has 1 aliphatic heterocycles. The molecular weight excluding hydrogens is 269 g/mol. The monoisotopic (exact) mass is 287 g/mol. The zero-order valence-corrected chi connectivity index (χ0v) is 11.7. The van der Waals surface area contributed by atoms with E-state index in [-0.39, 0.29) is 11.9 Å². The molecule has 1 N–H and O–H groups in total. The molecule has 0 radical (unpaired) electrons. The Labute approximate surface area is 123 Å². The third-order valence-electron chi connectivity index (χ3n) is 3.64. The number of H-pyrrole nitrogens is 1. The van der Waals surface area contributed by atoms with Gasteiger partial charge in [-0.25, -0.2) is 4.39 Å². The van der Waals surface area contributed by atoms with Gasteiger partial charge in [-0.05, 0) is 23.8 Å². The van der Waals surface area contributed by atoms with Crippen LogP contribution in [0.15, 0.2) is 42.6 Å². The molecule has 110 valence electrons. The standard InChI is InChI=1S/C16H18FN3O/c17-14-5-3-13(4-6-14)2-1-9-20-10-11-21-12-16(20)15-7-8-18-19-15/h1-8,16H,9-12H2,(H,18,19)/b2-1+. The van der Waals surface area contributed by atoms with Crippen LogP contribution in [0.4, 0.5) is 4.39 Å². The maximum absolute atomic E-state index is 12.9. The number of ether oxygens (including phenoxy) is 1. The van der Waals surface area contributed by atoms with Crippen LogP contribution in [0.25, 0.3) is 6.08 Å². The third-order valence-corrected chi connectivity index (χ3v) is 3.64. The lowest BCUT2D eigenvalue weighted by Gasteiger charge is -2.34. The summed E-state index contributed by atoms with van der Waals surface area (Å²) in [6.07, 6.45) is 5.87. The minimum atomic E-state index is -0.209. The Morgan fingerprint density at radius 3 is 2.95 bits per heavy atom. The van der Waals surface area contributed by atoms with Crippen LogP contribution in [0.5, 0.6) is 0 Å². The van der Waals surface area contributed by atoms with Crippen molar-refractivity contribution >= 4 is 6.08 Å². The SMILES string of the molecule is Fc1ccc(/C=C/CN2CCOCC2c2ccn[nH]2)cc1. The van der Waals surface area contributed by atoms with Gasteiger partial charge in [-0.1, -0.05) is 24.3 Å². The van der Waals surface area contributed by atoms with Gasteiger partial charge in [-0.2, -0.15) is 5.10 Å². The molecule has 1 unspecified atom stereocenters. The van der Waals surface area contributed by atoms with Gasteiger partial charge < -0.3 is 4.74 Å². The molecule has 2 heterocycles. The molecule has 3 rings (SSSR count). The predicted octanol–water partition coefficient (Wildman–Crippen LogP) is 2.64. The van der Waals surface area contributed by atoms with Gasteiger partial charge in [0.25, 0.3) is 0 Å². The average molecular weight is 287 g/mol. The molecule has 1 aromatic carbocycles. The van der Waals surface area contributed by atoms with E-state index in [2.05, 4.69) is 21.2 Å². The van der Waals surface area contributed by atoms with Gasteiger partial charge >= 0.3 is 0 Å². The fourth-order valence-corrected chi connectivity index (χ4v) is 2.49. The largest absolute Gasteiger partial charge is 0.378 e. The lowest BCUT2D eigenvalue weighted by atomic mass is 10.1. The van der Waals surface area contributed by atoms with E-state index in [0.29, 0.717) is 6.61 Å². The van der Waals surface area contributed by atoms with Crippen LogP contribution >= 0.6 is 0 Å². The summed E-state index contributed by atoms with van der Waals surface area (Å²) in [5.41, 5.74) is 2.08. The summed E-state index contributed by atoms with van der Waals surface area (Å²) < 4.78 is 18.4. The Morgan fingerprint density at radius 1 is 1.33 bits per heavy atom. The summed E-state index contributed by atoms with van der Waals surface area (Å²) in [6, 6.07) is 8.69. The van der Waals surface area contributed by atoms with E-state index in [0.717, 1.165) is 31.0 Å². The molecule has 0 amide bonds. The molecule has 0 saturated carbocycles. The quantitative estimate of drug-likeness (QED) is 0.940. The first kappa shape index (κ1) is 14.0. The Balaban J connectivity index is 1.63. The first-order valence-electron chi connectivity index (χ1n) is 7.06. The van der Waals surface area contributed by atoms with Gasteiger partial charge in [0.05, 0.1) is 24.9 Å². The first-order valence-corrected chi connectivity index (χ1v) is 7.06. The fourth-order valence-electron chi connectivity index (χ4n) is 2.49. The van der Waals surface area contributed by atoms with Gasteiger partial charge in [-0.15, -0.1) is 0 Å². The maximum Gasteiger partial charge on any atom is 0.123 e. The van der Waals surface area contributed by atoms with E-state index in [4.69, 9.17) is 4.74 Å². The van der Waals surface area contributed by atoms with Crippen LogP contribution in [-0.2, 0) is 4.74 Å². The summed E-state index contributed by atoms with van der Waals surface area (Å²) >= 11 is 0. The number of aromatic amines is 1. The molecule has 1 aromatic heterocycles. The molecule has 21 heavy (non-hydrogen) atoms. The average Bonchev–Trinajstić information content (AvgIpc) is 3.04. The minimum absolute atomic E-state index is 0.208. The fraction of sp³-hybridized carbons (Fsp3) is 0.312. The molecule has 0 spiro atoms. The van der Waals surface area contributed by atoms with E-state index in [1.807, 2.05) is 12.1 Å². The van der Waals surface area contributed by atoms with Crippen molar-refractivity contribution in [1.82, 2.24) is 15.1 Å². The Bertz CT molecular complexity index is 580. The van der Waals surface area contributed by atoms with Gasteiger partial charge in [0, 0.05) is 19.3 Å². The highest BCUT2D eigenvalue weighted by Gasteiger charge is 2.24. The van der Waals surface area contributed by atoms with E-state index in [9.17, 15) is 4.39 Å². The highest BCUT2D eigenvalue weighted by molar-refractivity contribution is 5.49. The molecule has 5 heteroatoms. The number of hydrogen-bond acceptors (Lipinski definition) is 3. The van der Waals surface area contributed by atoms with Crippen molar-refractivity contribution in [2.75, 3.05) is 26.3 Å². The number of hydrogen-bond donors (Lipinski definition) is 1. The highest BCUT2D eigenvalue weighted by Crippen LogP contribution is 2.22. The van der Waals surface area contributed by atoms with Crippen molar-refractivity contribution in [2.24, 2.45) is 0 Å². The molecule has 1 aliphatic rings. The smallest absolute Gasteiger partial charge is 0.123 e. The van der Waals surface area contributed by atoms with Gasteiger partial charge in [0.1, 0.15) is 5.82 Å². The zero-order valence-electron chi connectivity index (χ0n) is 11.7. The van der Waals surface area contributed by atoms with Crippen LogP contribution < -0.4 is 0 Å². The van der Waals surface area contributed by atoms with Crippen molar-refractivity contribution in [2.45, 2.75) is 6.04 Å². The van der Waals surface area contributed by atoms with E-state index >= 15 is 0 Å². The topological polar surface area (TPSA) is 41.1 Å². The molecule has 0 bridgehead atoms. The lowest BCUT2D eigenvalue weighted by molar-refractivity contribution is -0.00406. The number of benzene rings is 1. The van der Waals surface area contributed by atoms with Crippen molar-refractivity contribution in [3.63, 3.8) is 0 Å². The first-order chi connectivity index (χ1) is 10.3. The molecule has 0 aliphatic carbocycles. The van der Waals surface area contributed by atoms with Crippen molar-refractivity contribution in [3.05, 3.63) is 59.7 Å². The normalized spacial score (nSPS) is 20.1. The molecule has 1 saturated heterocycles. The second kappa shape index (κ2) is 6.65. The maximum atomic E-state index is 12.9. The van der Waals surface area contributed by atoms with Crippen LogP contribution in [0.3, 0.4) is 0 Å². The lowest BCUT2D eigenvalue weighted by Crippen LogP contribution is -2.39. The van der Waals surface area contributed by atoms with E-state index in [1.54, 1.807) is 18.3 Å². The van der Waals surface area contributed by atoms with Crippen LogP contribution in [0, 0.1) is 5.82 Å². The summed E-state index contributed by atoms with van der Waals surface area (Å²) in [7, 11) is 0. The van der Waals surface area contributed by atoms with Gasteiger partial charge in [0.2, 0.25) is 0 Å². The van der Waals surface area contributed by atoms with Crippen LogP contribution in [-0.4, -0.2) is 41.4 Å². The zero-order chi connectivity index (χ0) is 14.5. The number of rotatable bonds is 4. The molecular formula is C16H18FN3O. The second-order valence-electron chi connectivity index (χ2n) is 5.05. The summed E-state index contributed by atoms with van der Waals surface area (Å²) in [6.45, 7) is 3.13. The predicted molar refractivity (Wildman–Crippen MR) is 79.2 cm³/mol. The Hall–Kier alpha value is -1.98. The van der Waals surface area contributed by atoms with Crippen molar-refractivity contribution < 1.29 is 9.13 Å². The van der Waals surface area contributed by atoms with E-state index < -0.39 is 0 Å². The highest BCUT2D eigenvalue weighted by atomic mass is 19.1. The number of halogens is 1. The van der Waals surface area contributed by atoms with Gasteiger partial charge in [-0.3, -0.25) is 10.00 Å². The number of nitrogens with zero attached hydrogens (tertiary/aromatic N) is 2. The number of nitrogens with one attached hydrogen (secondary N) is 1. The van der Waals surface area contributed by atoms with Crippen LogP contribution in [0.2, 0.25) is 0 Å². The molecule has 4 nitrogen and oxygen atoms in total. The Kier molecular flexibility index (Phi) is 4.43. The third kappa shape index (κ3) is 3.56. The molecule has 2 aromatic rings. The van der Waals surface area contributed by atoms with Crippen LogP contribution in [0.1, 0.15) is 17.3 Å². The van der Waals surface area contributed by atoms with Gasteiger partial charge in [0.15, 0.2) is 0 Å². The van der Waals surface area contributed by atoms with Crippen molar-refractivity contribution in [1.29, 1.82) is 0 Å². The van der Waals surface area contributed by atoms with E-state index in [1.165, 1.54) is 12.1 Å². The van der Waals surface area contributed by atoms with Crippen molar-refractivity contribution in [3.8, 4) is 0 Å². The summed E-state index contributed by atoms with van der Waals surface area (Å²) in [4.78, 5) is 2.34. The summed E-state index contributed by atoms with van der Waals surface area (Å²) in [5.74, 6) is -0.209. The number of morpholine rings is 1. The molecule has 1 fully saturated rings.